The van der Waals surface area contributed by atoms with Crippen molar-refractivity contribution in [1.82, 2.24) is 0 Å². The average Bonchev–Trinajstić information content (AvgIpc) is 1.35. The van der Waals surface area contributed by atoms with Crippen molar-refractivity contribution >= 4 is 10.5 Å². The highest BCUT2D eigenvalue weighted by Gasteiger charge is 2.03. The van der Waals surface area contributed by atoms with Gasteiger partial charge in [-0.05, 0) is 20.8 Å². The van der Waals surface area contributed by atoms with Crippen LogP contribution in [0.25, 0.3) is 0 Å². The summed E-state index contributed by atoms with van der Waals surface area (Å²) in [6.45, 7) is 6.17. The third-order valence-electron chi connectivity index (χ3n) is 0.612. The van der Waals surface area contributed by atoms with Gasteiger partial charge in [0.15, 0.2) is 0 Å². The van der Waals surface area contributed by atoms with Gasteiger partial charge in [0.1, 0.15) is 10.5 Å². The molecule has 0 aliphatic rings. The molecule has 0 aromatic heterocycles. The van der Waals surface area contributed by atoms with Crippen LogP contribution >= 0.6 is 0 Å². The van der Waals surface area contributed by atoms with Crippen molar-refractivity contribution in [2.24, 2.45) is 0 Å². The first-order valence-corrected chi connectivity index (χ1v) is 2.93. The minimum absolute atomic E-state index is 0. The van der Waals surface area contributed by atoms with Crippen LogP contribution in [-0.2, 0) is 4.43 Å². The van der Waals surface area contributed by atoms with Gasteiger partial charge in [-0.2, -0.15) is 0 Å². The molecule has 0 unspecified atom stereocenters. The molecule has 1 radical (unpaired) electrons. The lowest BCUT2D eigenvalue weighted by molar-refractivity contribution is 0.147. The Labute approximate surface area is 43.7 Å². The zero-order valence-corrected chi connectivity index (χ0v) is 6.91. The van der Waals surface area contributed by atoms with E-state index in [0.29, 0.717) is 0 Å². The predicted molar refractivity (Wildman–Crippen MR) is 31.9 cm³/mol. The topological polar surface area (TPSA) is 9.23 Å². The van der Waals surface area contributed by atoms with Gasteiger partial charge < -0.3 is 4.43 Å². The molecule has 0 fully saturated rings. The van der Waals surface area contributed by atoms with E-state index >= 15 is 0 Å². The molecule has 0 heterocycles. The van der Waals surface area contributed by atoms with E-state index in [-0.39, 0.29) is 7.03 Å². The molecule has 0 rings (SSSR count). The van der Waals surface area contributed by atoms with Gasteiger partial charge in [0, 0.05) is 7.03 Å². The lowest BCUT2D eigenvalue weighted by Gasteiger charge is -2.15. The second-order valence-corrected chi connectivity index (χ2v) is 2.72. The molecule has 0 aliphatic heterocycles. The highest BCUT2D eigenvalue weighted by molar-refractivity contribution is 5.98. The van der Waals surface area contributed by atoms with Crippen LogP contribution in [0.4, 0.5) is 0 Å². The zero-order chi connectivity index (χ0) is 5.21. The van der Waals surface area contributed by atoms with E-state index in [0.717, 1.165) is 10.5 Å². The first-order chi connectivity index (χ1) is 2.56. The molecule has 0 aromatic rings. The Morgan fingerprint density at radius 2 is 1.67 bits per heavy atom. The second kappa shape index (κ2) is 1.75. The van der Waals surface area contributed by atoms with Crippen molar-refractivity contribution in [3.8, 4) is 0 Å². The quantitative estimate of drug-likeness (QED) is 0.400. The fraction of sp³-hybridized carbons (Fsp3) is 1.00. The minimum atomic E-state index is 0. The van der Waals surface area contributed by atoms with Gasteiger partial charge in [0.25, 0.3) is 0 Å². The number of rotatable bonds is 0. The van der Waals surface area contributed by atoms with Crippen molar-refractivity contribution in [3.05, 3.63) is 0 Å². The van der Waals surface area contributed by atoms with Crippen molar-refractivity contribution in [3.63, 3.8) is 0 Å². The molecule has 2 heteroatoms. The molecule has 1 nitrogen and oxygen atoms in total. The molecule has 0 saturated heterocycles. The Morgan fingerprint density at radius 1 is 1.50 bits per heavy atom. The summed E-state index contributed by atoms with van der Waals surface area (Å²) < 4.78 is 5.08. The van der Waals surface area contributed by atoms with Crippen LogP contribution in [0.2, 0.25) is 0 Å². The molecular weight excluding hydrogens is 92.1 g/mol. The fourth-order valence-corrected chi connectivity index (χ4v) is 0. The van der Waals surface area contributed by atoms with Gasteiger partial charge in [0.2, 0.25) is 0 Å². The normalized spacial score (nSPS) is 12.5. The zero-order valence-electron chi connectivity index (χ0n) is 5.91. The number of hydrogen-bond acceptors (Lipinski definition) is 1. The molecule has 0 spiro atoms. The summed E-state index contributed by atoms with van der Waals surface area (Å²) in [5, 5.41) is 0. The lowest BCUT2D eigenvalue weighted by atomic mass is 10.2. The fourth-order valence-electron chi connectivity index (χ4n) is 0. The summed E-state index contributed by atoms with van der Waals surface area (Å²) in [6, 6.07) is 0. The van der Waals surface area contributed by atoms with Gasteiger partial charge >= 0.3 is 0 Å². The molecule has 6 heavy (non-hydrogen) atoms. The summed E-state index contributed by atoms with van der Waals surface area (Å²) in [7, 11) is 0.848. The number of hydrogen-bond donors (Lipinski definition) is 0. The monoisotopic (exact) mass is 105 g/mol. The smallest absolute Gasteiger partial charge is 0.146 e. The lowest BCUT2D eigenvalue weighted by Crippen LogP contribution is -2.16. The van der Waals surface area contributed by atoms with Crippen molar-refractivity contribution in [1.29, 1.82) is 0 Å². The first kappa shape index (κ1) is 6.18. The molecule has 0 amide bonds. The summed E-state index contributed by atoms with van der Waals surface area (Å²) in [6.07, 6.45) is 0. The van der Waals surface area contributed by atoms with Crippen LogP contribution < -0.4 is 0 Å². The summed E-state index contributed by atoms with van der Waals surface area (Å²) in [4.78, 5) is 0. The average molecular weight is 105 g/mol. The van der Waals surface area contributed by atoms with E-state index < -0.39 is 0 Å². The summed E-state index contributed by atoms with van der Waals surface area (Å²) in [5.74, 6) is 0. The van der Waals surface area contributed by atoms with Crippen LogP contribution in [0.15, 0.2) is 0 Å². The Bertz CT molecular complexity index is 41.4. The third-order valence-corrected chi connectivity index (χ3v) is 1.84. The van der Waals surface area contributed by atoms with Crippen LogP contribution in [-0.4, -0.2) is 16.1 Å². The Kier molecular flexibility index (Phi) is 1.81. The second-order valence-electron chi connectivity index (χ2n) is 2.32. The van der Waals surface area contributed by atoms with Crippen LogP contribution in [0.5, 0.6) is 0 Å². The molecule has 0 atom stereocenters. The largest absolute Gasteiger partial charge is 0.423 e. The predicted octanol–water partition coefficient (Wildman–Crippen LogP) is 0.194. The summed E-state index contributed by atoms with van der Waals surface area (Å²) >= 11 is 0. The maximum atomic E-state index is 5.08. The van der Waals surface area contributed by atoms with Crippen molar-refractivity contribution in [2.75, 3.05) is 0 Å². The maximum Gasteiger partial charge on any atom is 0.146 e. The van der Waals surface area contributed by atoms with E-state index in [1.165, 1.54) is 0 Å². The minimum Gasteiger partial charge on any atom is -0.423 e. The molecule has 0 N–H and O–H groups in total. The Hall–Kier alpha value is 0.177. The van der Waals surface area contributed by atoms with E-state index in [1.807, 2.05) is 0 Å². The third kappa shape index (κ3) is 4.18. The maximum absolute atomic E-state index is 5.08. The highest BCUT2D eigenvalue weighted by atomic mass is 28.2. The van der Waals surface area contributed by atoms with Crippen LogP contribution in [0.1, 0.15) is 22.2 Å². The van der Waals surface area contributed by atoms with Gasteiger partial charge in [-0.3, -0.25) is 0 Å². The molecule has 0 saturated carbocycles. The van der Waals surface area contributed by atoms with E-state index in [4.69, 9.17) is 4.43 Å². The van der Waals surface area contributed by atoms with Crippen LogP contribution in [0.3, 0.4) is 0 Å². The van der Waals surface area contributed by atoms with Gasteiger partial charge in [-0.15, -0.1) is 0 Å². The molecule has 0 aromatic carbocycles. The first-order valence-electron chi connectivity index (χ1n) is 2.11. The van der Waals surface area contributed by atoms with E-state index in [2.05, 4.69) is 20.8 Å². The highest BCUT2D eigenvalue weighted by Crippen LogP contribution is 2.01. The molecule has 0 bridgehead atoms. The van der Waals surface area contributed by atoms with Gasteiger partial charge in [0.05, 0.1) is 0 Å². The van der Waals surface area contributed by atoms with Crippen molar-refractivity contribution < 1.29 is 5.85 Å². The standard InChI is InChI=1S/C4H12OSi.H/c1-4(2,3)5-6;/h1-3,6H3;. The molecular formula is C4H13OSi. The van der Waals surface area contributed by atoms with Crippen LogP contribution in [0, 0.1) is 0 Å². The molecule has 39 valence electrons. The van der Waals surface area contributed by atoms with E-state index in [1.54, 1.807) is 0 Å². The van der Waals surface area contributed by atoms with Gasteiger partial charge in [-0.25, -0.2) is 0 Å². The molecule has 0 aliphatic carbocycles. The van der Waals surface area contributed by atoms with E-state index in [9.17, 15) is 0 Å². The summed E-state index contributed by atoms with van der Waals surface area (Å²) in [5.41, 5.74) is 0.103. The SMILES string of the molecule is CC(C)(C)O[SiH3].[H]. The Morgan fingerprint density at radius 3 is 1.67 bits per heavy atom. The Balaban J connectivity index is 0. The van der Waals surface area contributed by atoms with Gasteiger partial charge in [-0.1, -0.05) is 0 Å². The van der Waals surface area contributed by atoms with Crippen molar-refractivity contribution in [2.45, 2.75) is 26.4 Å².